The molecule has 0 aliphatic rings. The molecular formula is C4H6ClO2. The number of hydrogen-bond donors (Lipinski definition) is 0. The van der Waals surface area contributed by atoms with Gasteiger partial charge in [-0.2, -0.15) is 0 Å². The Labute approximate surface area is 47.4 Å². The van der Waals surface area contributed by atoms with Crippen LogP contribution in [-0.2, 0) is 9.53 Å². The first kappa shape index (κ1) is 6.76. The molecule has 0 aromatic heterocycles. The van der Waals surface area contributed by atoms with E-state index >= 15 is 0 Å². The maximum Gasteiger partial charge on any atom is 0.306 e. The van der Waals surface area contributed by atoms with Crippen LogP contribution in [0.15, 0.2) is 0 Å². The number of alkyl halides is 1. The smallest absolute Gasteiger partial charge is 0.306 e. The standard InChI is InChI=1S/C4H6ClO2/c1-2-4(6)7-3-5/h1-3H2. The lowest BCUT2D eigenvalue weighted by molar-refractivity contribution is -0.140. The number of carbonyl (C=O) groups excluding carboxylic acids is 1. The molecule has 0 aliphatic carbocycles. The quantitative estimate of drug-likeness (QED) is 0.402. The van der Waals surface area contributed by atoms with Crippen LogP contribution in [0.2, 0.25) is 0 Å². The predicted molar refractivity (Wildman–Crippen MR) is 26.8 cm³/mol. The minimum atomic E-state index is -0.366. The molecule has 0 N–H and O–H groups in total. The zero-order chi connectivity index (χ0) is 5.70. The van der Waals surface area contributed by atoms with E-state index in [9.17, 15) is 4.79 Å². The summed E-state index contributed by atoms with van der Waals surface area (Å²) >= 11 is 5.00. The van der Waals surface area contributed by atoms with Crippen LogP contribution in [0.3, 0.4) is 0 Å². The number of carbonyl (C=O) groups is 1. The van der Waals surface area contributed by atoms with Crippen LogP contribution in [-0.4, -0.2) is 12.0 Å². The van der Waals surface area contributed by atoms with E-state index in [1.165, 1.54) is 0 Å². The summed E-state index contributed by atoms with van der Waals surface area (Å²) in [5, 5.41) is 0. The van der Waals surface area contributed by atoms with Crippen molar-refractivity contribution >= 4 is 17.6 Å². The van der Waals surface area contributed by atoms with Crippen LogP contribution in [0.5, 0.6) is 0 Å². The summed E-state index contributed by atoms with van der Waals surface area (Å²) in [6.07, 6.45) is 0.146. The molecule has 0 aromatic carbocycles. The molecule has 0 rings (SSSR count). The molecule has 1 radical (unpaired) electrons. The fraction of sp³-hybridized carbons (Fsp3) is 0.500. The lowest BCUT2D eigenvalue weighted by atomic mass is 10.5. The lowest BCUT2D eigenvalue weighted by Crippen LogP contribution is -1.99. The molecule has 3 heteroatoms. The summed E-state index contributed by atoms with van der Waals surface area (Å²) in [6.45, 7) is 3.27. The Bertz CT molecular complexity index is 62.7. The summed E-state index contributed by atoms with van der Waals surface area (Å²) in [7, 11) is 0. The average molecular weight is 122 g/mol. The highest BCUT2D eigenvalue weighted by atomic mass is 35.5. The number of halogens is 1. The highest BCUT2D eigenvalue weighted by Gasteiger charge is 1.92. The Morgan fingerprint density at radius 1 is 1.86 bits per heavy atom. The maximum absolute atomic E-state index is 10.0. The van der Waals surface area contributed by atoms with Crippen LogP contribution in [0.25, 0.3) is 0 Å². The van der Waals surface area contributed by atoms with Crippen LogP contribution < -0.4 is 0 Å². The molecule has 2 nitrogen and oxygen atoms in total. The molecular weight excluding hydrogens is 115 g/mol. The van der Waals surface area contributed by atoms with Crippen molar-refractivity contribution < 1.29 is 9.53 Å². The van der Waals surface area contributed by atoms with E-state index < -0.39 is 0 Å². The number of rotatable bonds is 2. The van der Waals surface area contributed by atoms with E-state index in [4.69, 9.17) is 11.6 Å². The van der Waals surface area contributed by atoms with Crippen LogP contribution in [0, 0.1) is 6.92 Å². The SMILES string of the molecule is [CH2]CC(=O)OCCl. The Hall–Kier alpha value is -0.240. The van der Waals surface area contributed by atoms with Crippen molar-refractivity contribution in [3.05, 3.63) is 6.92 Å². The monoisotopic (exact) mass is 121 g/mol. The van der Waals surface area contributed by atoms with Gasteiger partial charge in [0.25, 0.3) is 0 Å². The van der Waals surface area contributed by atoms with Gasteiger partial charge in [0.1, 0.15) is 0 Å². The normalized spacial score (nSPS) is 8.29. The first-order valence-electron chi connectivity index (χ1n) is 1.82. The molecule has 0 saturated heterocycles. The highest BCUT2D eigenvalue weighted by Crippen LogP contribution is 1.84. The van der Waals surface area contributed by atoms with Gasteiger partial charge in [-0.3, -0.25) is 4.79 Å². The van der Waals surface area contributed by atoms with Crippen molar-refractivity contribution in [3.63, 3.8) is 0 Å². The zero-order valence-electron chi connectivity index (χ0n) is 3.82. The zero-order valence-corrected chi connectivity index (χ0v) is 4.57. The summed E-state index contributed by atoms with van der Waals surface area (Å²) in [6, 6.07) is -0.0750. The molecule has 0 spiro atoms. The van der Waals surface area contributed by atoms with Crippen LogP contribution >= 0.6 is 11.6 Å². The molecule has 0 fully saturated rings. The van der Waals surface area contributed by atoms with Gasteiger partial charge in [-0.25, -0.2) is 0 Å². The van der Waals surface area contributed by atoms with Crippen molar-refractivity contribution in [2.24, 2.45) is 0 Å². The number of esters is 1. The van der Waals surface area contributed by atoms with Crippen molar-refractivity contribution in [1.29, 1.82) is 0 Å². The molecule has 0 atom stereocenters. The molecule has 0 aliphatic heterocycles. The minimum absolute atomic E-state index is 0.0750. The largest absolute Gasteiger partial charge is 0.449 e. The Kier molecular flexibility index (Phi) is 3.80. The molecule has 7 heavy (non-hydrogen) atoms. The topological polar surface area (TPSA) is 26.3 Å². The molecule has 0 saturated carbocycles. The van der Waals surface area contributed by atoms with Gasteiger partial charge in [0, 0.05) is 6.42 Å². The van der Waals surface area contributed by atoms with Crippen molar-refractivity contribution in [3.8, 4) is 0 Å². The Morgan fingerprint density at radius 2 is 2.43 bits per heavy atom. The summed E-state index contributed by atoms with van der Waals surface area (Å²) in [5.74, 6) is -0.366. The molecule has 0 bridgehead atoms. The summed E-state index contributed by atoms with van der Waals surface area (Å²) < 4.78 is 4.26. The van der Waals surface area contributed by atoms with Crippen molar-refractivity contribution in [2.75, 3.05) is 6.07 Å². The fourth-order valence-electron chi connectivity index (χ4n) is 0.133. The van der Waals surface area contributed by atoms with E-state index in [2.05, 4.69) is 11.7 Å². The second-order valence-electron chi connectivity index (χ2n) is 0.875. The maximum atomic E-state index is 10.0. The van der Waals surface area contributed by atoms with Crippen molar-refractivity contribution in [1.82, 2.24) is 0 Å². The van der Waals surface area contributed by atoms with E-state index in [0.29, 0.717) is 0 Å². The van der Waals surface area contributed by atoms with Crippen LogP contribution in [0.4, 0.5) is 0 Å². The van der Waals surface area contributed by atoms with E-state index in [0.717, 1.165) is 0 Å². The Morgan fingerprint density at radius 3 is 2.57 bits per heavy atom. The first-order chi connectivity index (χ1) is 3.31. The number of hydrogen-bond acceptors (Lipinski definition) is 2. The van der Waals surface area contributed by atoms with Gasteiger partial charge in [-0.15, -0.1) is 0 Å². The second kappa shape index (κ2) is 3.93. The van der Waals surface area contributed by atoms with Crippen LogP contribution in [0.1, 0.15) is 6.42 Å². The molecule has 0 unspecified atom stereocenters. The first-order valence-corrected chi connectivity index (χ1v) is 2.35. The minimum Gasteiger partial charge on any atom is -0.449 e. The second-order valence-corrected chi connectivity index (χ2v) is 1.09. The lowest BCUT2D eigenvalue weighted by Gasteiger charge is -1.92. The van der Waals surface area contributed by atoms with E-state index in [1.54, 1.807) is 0 Å². The van der Waals surface area contributed by atoms with Gasteiger partial charge in [0.05, 0.1) is 0 Å². The third-order valence-corrected chi connectivity index (χ3v) is 0.529. The van der Waals surface area contributed by atoms with Gasteiger partial charge < -0.3 is 4.74 Å². The average Bonchev–Trinajstić information content (AvgIpc) is 1.68. The Balaban J connectivity index is 3.00. The molecule has 0 heterocycles. The third kappa shape index (κ3) is 3.59. The van der Waals surface area contributed by atoms with Gasteiger partial charge in [-0.1, -0.05) is 11.6 Å². The van der Waals surface area contributed by atoms with Gasteiger partial charge in [0.2, 0.25) is 0 Å². The van der Waals surface area contributed by atoms with Gasteiger partial charge in [-0.05, 0) is 6.92 Å². The molecule has 0 amide bonds. The van der Waals surface area contributed by atoms with E-state index in [-0.39, 0.29) is 18.5 Å². The van der Waals surface area contributed by atoms with Crippen molar-refractivity contribution in [2.45, 2.75) is 6.42 Å². The van der Waals surface area contributed by atoms with Gasteiger partial charge >= 0.3 is 5.97 Å². The third-order valence-electron chi connectivity index (χ3n) is 0.420. The van der Waals surface area contributed by atoms with Gasteiger partial charge in [0.15, 0.2) is 6.07 Å². The highest BCUT2D eigenvalue weighted by molar-refractivity contribution is 6.17. The molecule has 41 valence electrons. The fourth-order valence-corrected chi connectivity index (χ4v) is 0.255. The molecule has 0 aromatic rings. The number of ether oxygens (including phenoxy) is 1. The van der Waals surface area contributed by atoms with E-state index in [1.807, 2.05) is 0 Å². The summed E-state index contributed by atoms with van der Waals surface area (Å²) in [5.41, 5.74) is 0. The predicted octanol–water partition coefficient (Wildman–Crippen LogP) is 0.950. The summed E-state index contributed by atoms with van der Waals surface area (Å²) in [4.78, 5) is 10.0.